The zero-order valence-electron chi connectivity index (χ0n) is 17.9. The van der Waals surface area contributed by atoms with Crippen LogP contribution in [-0.4, -0.2) is 17.3 Å². The molecular formula is C25H19NO7. The molecule has 0 N–H and O–H groups in total. The van der Waals surface area contributed by atoms with E-state index in [2.05, 4.69) is 0 Å². The fourth-order valence-corrected chi connectivity index (χ4v) is 3.47. The summed E-state index contributed by atoms with van der Waals surface area (Å²) in [5, 5.41) is 11.4. The zero-order chi connectivity index (χ0) is 23.5. The molecule has 0 bridgehead atoms. The zero-order valence-corrected chi connectivity index (χ0v) is 17.9. The molecule has 0 saturated heterocycles. The minimum atomic E-state index is -0.615. The van der Waals surface area contributed by atoms with Crippen LogP contribution in [0.5, 0.6) is 17.2 Å². The number of carbonyl (C=O) groups is 1. The minimum Gasteiger partial charge on any atom is -0.485 e. The molecular weight excluding hydrogens is 426 g/mol. The molecule has 166 valence electrons. The fraction of sp³-hybridized carbons (Fsp3) is 0.120. The number of rotatable bonds is 7. The van der Waals surface area contributed by atoms with Crippen molar-refractivity contribution in [3.8, 4) is 17.2 Å². The van der Waals surface area contributed by atoms with Gasteiger partial charge < -0.3 is 13.9 Å². The number of nitrogens with zero attached hydrogens (tertiary/aromatic N) is 1. The molecule has 1 aromatic heterocycles. The molecule has 0 saturated carbocycles. The van der Waals surface area contributed by atoms with Crippen LogP contribution in [0.1, 0.15) is 21.5 Å². The largest absolute Gasteiger partial charge is 0.485 e. The highest BCUT2D eigenvalue weighted by atomic mass is 16.6. The van der Waals surface area contributed by atoms with Crippen molar-refractivity contribution >= 4 is 22.4 Å². The van der Waals surface area contributed by atoms with Gasteiger partial charge in [0.25, 0.3) is 5.69 Å². The molecule has 4 aromatic rings. The van der Waals surface area contributed by atoms with E-state index >= 15 is 0 Å². The van der Waals surface area contributed by atoms with E-state index in [-0.39, 0.29) is 39.1 Å². The highest BCUT2D eigenvalue weighted by Gasteiger charge is 2.19. The van der Waals surface area contributed by atoms with Crippen molar-refractivity contribution in [2.75, 3.05) is 6.61 Å². The molecule has 8 heteroatoms. The molecule has 0 fully saturated rings. The molecule has 0 radical (unpaired) electrons. The lowest BCUT2D eigenvalue weighted by molar-refractivity contribution is -0.385. The Kier molecular flexibility index (Phi) is 5.91. The van der Waals surface area contributed by atoms with Gasteiger partial charge in [-0.2, -0.15) is 0 Å². The molecule has 4 rings (SSSR count). The van der Waals surface area contributed by atoms with Crippen LogP contribution in [0.25, 0.3) is 11.0 Å². The third-order valence-electron chi connectivity index (χ3n) is 4.91. The molecule has 0 aliphatic carbocycles. The van der Waals surface area contributed by atoms with Crippen molar-refractivity contribution in [3.05, 3.63) is 104 Å². The van der Waals surface area contributed by atoms with E-state index in [9.17, 15) is 19.7 Å². The lowest BCUT2D eigenvalue weighted by Crippen LogP contribution is -2.13. The third kappa shape index (κ3) is 4.74. The van der Waals surface area contributed by atoms with Gasteiger partial charge in [-0.05, 0) is 55.3 Å². The summed E-state index contributed by atoms with van der Waals surface area (Å²) >= 11 is 0. The summed E-state index contributed by atoms with van der Waals surface area (Å²) in [6, 6.07) is 15.8. The number of hydrogen-bond donors (Lipinski definition) is 0. The number of aryl methyl sites for hydroxylation is 2. The molecule has 0 unspecified atom stereocenters. The summed E-state index contributed by atoms with van der Waals surface area (Å²) in [6.45, 7) is 3.46. The predicted molar refractivity (Wildman–Crippen MR) is 121 cm³/mol. The average Bonchev–Trinajstić information content (AvgIpc) is 2.78. The number of fused-ring (bicyclic) bond motifs is 1. The van der Waals surface area contributed by atoms with Crippen LogP contribution in [0.2, 0.25) is 0 Å². The van der Waals surface area contributed by atoms with Crippen LogP contribution < -0.4 is 14.9 Å². The Morgan fingerprint density at radius 3 is 2.45 bits per heavy atom. The quantitative estimate of drug-likeness (QED) is 0.214. The number of para-hydroxylation sites is 1. The van der Waals surface area contributed by atoms with E-state index < -0.39 is 17.3 Å². The highest BCUT2D eigenvalue weighted by Crippen LogP contribution is 2.26. The first kappa shape index (κ1) is 21.8. The number of ketones is 1. The highest BCUT2D eigenvalue weighted by molar-refractivity contribution is 6.00. The van der Waals surface area contributed by atoms with Gasteiger partial charge >= 0.3 is 0 Å². The van der Waals surface area contributed by atoms with Crippen LogP contribution in [0.15, 0.2) is 76.1 Å². The average molecular weight is 445 g/mol. The topological polar surface area (TPSA) is 109 Å². The van der Waals surface area contributed by atoms with E-state index in [4.69, 9.17) is 13.9 Å². The summed E-state index contributed by atoms with van der Waals surface area (Å²) in [5.41, 5.74) is 1.59. The second-order valence-corrected chi connectivity index (χ2v) is 7.50. The summed E-state index contributed by atoms with van der Waals surface area (Å²) < 4.78 is 16.8. The first-order chi connectivity index (χ1) is 15.8. The van der Waals surface area contributed by atoms with Crippen LogP contribution in [0.3, 0.4) is 0 Å². The van der Waals surface area contributed by atoms with Crippen LogP contribution in [-0.2, 0) is 0 Å². The number of nitro benzene ring substituents is 1. The van der Waals surface area contributed by atoms with Gasteiger partial charge in [-0.15, -0.1) is 0 Å². The minimum absolute atomic E-state index is 0.0389. The van der Waals surface area contributed by atoms with E-state index in [1.54, 1.807) is 6.07 Å². The number of nitro groups is 1. The Morgan fingerprint density at radius 2 is 1.73 bits per heavy atom. The van der Waals surface area contributed by atoms with Crippen molar-refractivity contribution in [1.29, 1.82) is 0 Å². The standard InChI is InChI=1S/C25H19NO7/c1-15-9-16(2)11-18(10-15)33-24-14-32-23-12-17(7-8-20(23)25(24)28)31-13-22(27)19-5-3-4-6-21(19)26(29)30/h3-12,14H,13H2,1-2H3. The number of ether oxygens (including phenoxy) is 2. The summed E-state index contributed by atoms with van der Waals surface area (Å²) in [4.78, 5) is 35.7. The Bertz CT molecular complexity index is 1420. The van der Waals surface area contributed by atoms with Gasteiger partial charge in [0.05, 0.1) is 15.9 Å². The number of carbonyl (C=O) groups excluding carboxylic acids is 1. The van der Waals surface area contributed by atoms with Crippen molar-refractivity contribution in [1.82, 2.24) is 0 Å². The smallest absolute Gasteiger partial charge is 0.280 e. The lowest BCUT2D eigenvalue weighted by atomic mass is 10.1. The maximum atomic E-state index is 12.8. The van der Waals surface area contributed by atoms with Crippen molar-refractivity contribution in [2.24, 2.45) is 0 Å². The molecule has 3 aromatic carbocycles. The molecule has 0 atom stereocenters. The summed E-state index contributed by atoms with van der Waals surface area (Å²) in [7, 11) is 0. The molecule has 0 aliphatic heterocycles. The maximum Gasteiger partial charge on any atom is 0.280 e. The first-order valence-corrected chi connectivity index (χ1v) is 10.0. The van der Waals surface area contributed by atoms with Crippen LogP contribution in [0.4, 0.5) is 5.69 Å². The van der Waals surface area contributed by atoms with Crippen molar-refractivity contribution in [2.45, 2.75) is 13.8 Å². The van der Waals surface area contributed by atoms with Crippen LogP contribution in [0, 0.1) is 24.0 Å². The van der Waals surface area contributed by atoms with E-state index in [1.807, 2.05) is 32.0 Å². The van der Waals surface area contributed by atoms with E-state index in [0.29, 0.717) is 5.75 Å². The van der Waals surface area contributed by atoms with Crippen molar-refractivity contribution in [3.63, 3.8) is 0 Å². The number of Topliss-reactive ketones (excluding diaryl/α,β-unsaturated/α-hetero) is 1. The van der Waals surface area contributed by atoms with Gasteiger partial charge in [-0.1, -0.05) is 18.2 Å². The van der Waals surface area contributed by atoms with Gasteiger partial charge in [0.15, 0.2) is 6.61 Å². The normalized spacial score (nSPS) is 10.7. The van der Waals surface area contributed by atoms with Gasteiger partial charge in [-0.3, -0.25) is 19.7 Å². The van der Waals surface area contributed by atoms with Gasteiger partial charge in [0.1, 0.15) is 23.3 Å². The van der Waals surface area contributed by atoms with Gasteiger partial charge in [0.2, 0.25) is 17.0 Å². The Labute approximate surface area is 188 Å². The number of benzene rings is 3. The fourth-order valence-electron chi connectivity index (χ4n) is 3.47. The molecule has 8 nitrogen and oxygen atoms in total. The Hall–Kier alpha value is -4.46. The maximum absolute atomic E-state index is 12.8. The predicted octanol–water partition coefficient (Wildman–Crippen LogP) is 5.37. The second-order valence-electron chi connectivity index (χ2n) is 7.50. The first-order valence-electron chi connectivity index (χ1n) is 10.0. The second kappa shape index (κ2) is 8.96. The van der Waals surface area contributed by atoms with Gasteiger partial charge in [-0.25, -0.2) is 0 Å². The van der Waals surface area contributed by atoms with Gasteiger partial charge in [0, 0.05) is 12.1 Å². The number of hydrogen-bond acceptors (Lipinski definition) is 7. The Balaban J connectivity index is 1.53. The van der Waals surface area contributed by atoms with Crippen LogP contribution >= 0.6 is 0 Å². The Morgan fingerprint density at radius 1 is 1.00 bits per heavy atom. The van der Waals surface area contributed by atoms with Crippen molar-refractivity contribution < 1.29 is 23.6 Å². The summed E-state index contributed by atoms with van der Waals surface area (Å²) in [6.07, 6.45) is 1.23. The molecule has 33 heavy (non-hydrogen) atoms. The SMILES string of the molecule is Cc1cc(C)cc(Oc2coc3cc(OCC(=O)c4ccccc4[N+](=O)[O-])ccc3c2=O)c1. The molecule has 0 amide bonds. The monoisotopic (exact) mass is 445 g/mol. The molecule has 1 heterocycles. The molecule has 0 aliphatic rings. The van der Waals surface area contributed by atoms with E-state index in [0.717, 1.165) is 11.1 Å². The molecule has 0 spiro atoms. The van der Waals surface area contributed by atoms with E-state index in [1.165, 1.54) is 42.7 Å². The summed E-state index contributed by atoms with van der Waals surface area (Å²) in [5.74, 6) is 0.321. The lowest BCUT2D eigenvalue weighted by Gasteiger charge is -2.09. The third-order valence-corrected chi connectivity index (χ3v) is 4.91.